The molecule has 2 amide bonds. The Kier molecular flexibility index (Phi) is 4.51. The quantitative estimate of drug-likeness (QED) is 0.364. The minimum Gasteiger partial charge on any atom is -0.368 e. The van der Waals surface area contributed by atoms with Gasteiger partial charge in [-0.15, -0.1) is 0 Å². The molecule has 86 valence electrons. The van der Waals surface area contributed by atoms with Crippen LogP contribution in [0.15, 0.2) is 0 Å². The summed E-state index contributed by atoms with van der Waals surface area (Å²) in [6.45, 7) is 1.49. The summed E-state index contributed by atoms with van der Waals surface area (Å²) in [6, 6.07) is -0.663. The van der Waals surface area contributed by atoms with Crippen LogP contribution in [0.1, 0.15) is 12.8 Å². The molecule has 0 aromatic carbocycles. The first-order valence-electron chi connectivity index (χ1n) is 5.14. The number of hydrogen-bond donors (Lipinski definition) is 4. The zero-order valence-electron chi connectivity index (χ0n) is 8.66. The molecule has 6 heteroatoms. The Labute approximate surface area is 88.8 Å². The van der Waals surface area contributed by atoms with E-state index in [1.54, 1.807) is 0 Å². The number of hydrogen-bond acceptors (Lipinski definition) is 4. The van der Waals surface area contributed by atoms with Crippen LogP contribution < -0.4 is 22.1 Å². The van der Waals surface area contributed by atoms with E-state index < -0.39 is 11.9 Å². The average Bonchev–Trinajstić information content (AvgIpc) is 2.99. The Bertz CT molecular complexity index is 240. The average molecular weight is 214 g/mol. The van der Waals surface area contributed by atoms with Gasteiger partial charge < -0.3 is 22.1 Å². The maximum absolute atomic E-state index is 11.2. The zero-order valence-corrected chi connectivity index (χ0v) is 8.66. The number of nitrogens with two attached hydrogens (primary N) is 2. The lowest BCUT2D eigenvalue weighted by molar-refractivity contribution is -0.122. The van der Waals surface area contributed by atoms with Gasteiger partial charge in [-0.3, -0.25) is 9.59 Å². The lowest BCUT2D eigenvalue weighted by Crippen LogP contribution is -2.45. The molecule has 1 saturated carbocycles. The number of nitrogens with one attached hydrogen (secondary N) is 2. The molecule has 1 atom stereocenters. The number of carbonyl (C=O) groups excluding carboxylic acids is 2. The van der Waals surface area contributed by atoms with Gasteiger partial charge in [-0.1, -0.05) is 0 Å². The van der Waals surface area contributed by atoms with Crippen molar-refractivity contribution in [3.63, 3.8) is 0 Å². The molecule has 1 aliphatic carbocycles. The van der Waals surface area contributed by atoms with Crippen LogP contribution in [0.4, 0.5) is 0 Å². The number of amides is 2. The van der Waals surface area contributed by atoms with Crippen molar-refractivity contribution in [2.24, 2.45) is 17.4 Å². The van der Waals surface area contributed by atoms with Crippen molar-refractivity contribution in [3.8, 4) is 0 Å². The molecule has 1 fully saturated rings. The van der Waals surface area contributed by atoms with E-state index in [0.717, 1.165) is 12.8 Å². The summed E-state index contributed by atoms with van der Waals surface area (Å²) in [5.41, 5.74) is 10.4. The molecule has 1 aliphatic rings. The molecule has 0 aromatic heterocycles. The maximum Gasteiger partial charge on any atom is 0.235 e. The van der Waals surface area contributed by atoms with E-state index in [1.165, 1.54) is 0 Å². The van der Waals surface area contributed by atoms with Gasteiger partial charge in [0.15, 0.2) is 0 Å². The van der Waals surface area contributed by atoms with Crippen LogP contribution in [0.3, 0.4) is 0 Å². The Morgan fingerprint density at radius 2 is 2.00 bits per heavy atom. The molecule has 0 bridgehead atoms. The number of rotatable bonds is 7. The molecule has 1 rings (SSSR count). The van der Waals surface area contributed by atoms with Crippen LogP contribution in [0.25, 0.3) is 0 Å². The van der Waals surface area contributed by atoms with E-state index in [2.05, 4.69) is 10.6 Å². The van der Waals surface area contributed by atoms with Crippen LogP contribution in [0, 0.1) is 5.92 Å². The summed E-state index contributed by atoms with van der Waals surface area (Å²) in [5.74, 6) is -0.168. The van der Waals surface area contributed by atoms with E-state index in [0.29, 0.717) is 19.6 Å². The molecular weight excluding hydrogens is 196 g/mol. The van der Waals surface area contributed by atoms with Gasteiger partial charge in [0.1, 0.15) is 0 Å². The monoisotopic (exact) mass is 214 g/mol. The standard InChI is InChI=1S/C9H18N4O2/c10-7(8(11)14)5-12-3-4-13-9(15)6-1-2-6/h6-7,12H,1-5,10H2,(H2,11,14)(H,13,15). The lowest BCUT2D eigenvalue weighted by Gasteiger charge is -2.09. The second kappa shape index (κ2) is 5.67. The van der Waals surface area contributed by atoms with E-state index in [-0.39, 0.29) is 11.8 Å². The first-order valence-corrected chi connectivity index (χ1v) is 5.14. The summed E-state index contributed by atoms with van der Waals surface area (Å²) in [6.07, 6.45) is 2.01. The fourth-order valence-electron chi connectivity index (χ4n) is 1.12. The highest BCUT2D eigenvalue weighted by molar-refractivity contribution is 5.80. The number of primary amides is 1. The highest BCUT2D eigenvalue weighted by atomic mass is 16.2. The van der Waals surface area contributed by atoms with Gasteiger partial charge >= 0.3 is 0 Å². The molecule has 15 heavy (non-hydrogen) atoms. The van der Waals surface area contributed by atoms with Gasteiger partial charge in [0.25, 0.3) is 0 Å². The molecule has 0 spiro atoms. The molecule has 1 unspecified atom stereocenters. The van der Waals surface area contributed by atoms with Crippen LogP contribution in [-0.4, -0.2) is 37.5 Å². The molecule has 6 nitrogen and oxygen atoms in total. The summed E-state index contributed by atoms with van der Waals surface area (Å²) in [5, 5.41) is 5.73. The van der Waals surface area contributed by atoms with Crippen molar-refractivity contribution in [1.82, 2.24) is 10.6 Å². The molecule has 0 radical (unpaired) electrons. The van der Waals surface area contributed by atoms with E-state index in [4.69, 9.17) is 11.5 Å². The van der Waals surface area contributed by atoms with Crippen molar-refractivity contribution in [2.75, 3.05) is 19.6 Å². The molecule has 0 saturated heterocycles. The third kappa shape index (κ3) is 4.75. The second-order valence-electron chi connectivity index (χ2n) is 3.78. The van der Waals surface area contributed by atoms with Crippen molar-refractivity contribution in [3.05, 3.63) is 0 Å². The Morgan fingerprint density at radius 3 is 2.53 bits per heavy atom. The van der Waals surface area contributed by atoms with E-state index in [1.807, 2.05) is 0 Å². The lowest BCUT2D eigenvalue weighted by atomic mass is 10.3. The predicted molar refractivity (Wildman–Crippen MR) is 55.8 cm³/mol. The summed E-state index contributed by atoms with van der Waals surface area (Å²) in [7, 11) is 0. The van der Waals surface area contributed by atoms with Crippen LogP contribution in [0.2, 0.25) is 0 Å². The Hall–Kier alpha value is -1.14. The van der Waals surface area contributed by atoms with E-state index >= 15 is 0 Å². The third-order valence-corrected chi connectivity index (χ3v) is 2.28. The van der Waals surface area contributed by atoms with Crippen LogP contribution >= 0.6 is 0 Å². The maximum atomic E-state index is 11.2. The van der Waals surface area contributed by atoms with Gasteiger partial charge in [-0.05, 0) is 12.8 Å². The third-order valence-electron chi connectivity index (χ3n) is 2.28. The van der Waals surface area contributed by atoms with E-state index in [9.17, 15) is 9.59 Å². The molecule has 0 aromatic rings. The van der Waals surface area contributed by atoms with Crippen molar-refractivity contribution >= 4 is 11.8 Å². The minimum atomic E-state index is -0.663. The largest absolute Gasteiger partial charge is 0.368 e. The topological polar surface area (TPSA) is 110 Å². The predicted octanol–water partition coefficient (Wildman–Crippen LogP) is -2.09. The van der Waals surface area contributed by atoms with Crippen molar-refractivity contribution in [1.29, 1.82) is 0 Å². The number of carbonyl (C=O) groups is 2. The smallest absolute Gasteiger partial charge is 0.235 e. The van der Waals surface area contributed by atoms with Crippen LogP contribution in [-0.2, 0) is 9.59 Å². The molecular formula is C9H18N4O2. The highest BCUT2D eigenvalue weighted by Gasteiger charge is 2.28. The first-order chi connectivity index (χ1) is 7.11. The fraction of sp³-hybridized carbons (Fsp3) is 0.778. The fourth-order valence-corrected chi connectivity index (χ4v) is 1.12. The van der Waals surface area contributed by atoms with Crippen molar-refractivity contribution in [2.45, 2.75) is 18.9 Å². The molecule has 6 N–H and O–H groups in total. The summed E-state index contributed by atoms with van der Waals surface area (Å²) in [4.78, 5) is 21.7. The van der Waals surface area contributed by atoms with Gasteiger partial charge in [-0.2, -0.15) is 0 Å². The van der Waals surface area contributed by atoms with Gasteiger partial charge in [-0.25, -0.2) is 0 Å². The highest BCUT2D eigenvalue weighted by Crippen LogP contribution is 2.28. The summed E-state index contributed by atoms with van der Waals surface area (Å²) >= 11 is 0. The minimum absolute atomic E-state index is 0.121. The van der Waals surface area contributed by atoms with Gasteiger partial charge in [0, 0.05) is 25.6 Å². The molecule has 0 aliphatic heterocycles. The van der Waals surface area contributed by atoms with Crippen LogP contribution in [0.5, 0.6) is 0 Å². The summed E-state index contributed by atoms with van der Waals surface area (Å²) < 4.78 is 0. The Balaban J connectivity index is 1.92. The first kappa shape index (κ1) is 11.9. The SMILES string of the molecule is NC(=O)C(N)CNCCNC(=O)C1CC1. The Morgan fingerprint density at radius 1 is 1.33 bits per heavy atom. The van der Waals surface area contributed by atoms with Crippen molar-refractivity contribution < 1.29 is 9.59 Å². The van der Waals surface area contributed by atoms with Gasteiger partial charge in [0.05, 0.1) is 6.04 Å². The molecule has 0 heterocycles. The zero-order chi connectivity index (χ0) is 11.3. The second-order valence-corrected chi connectivity index (χ2v) is 3.78. The van der Waals surface area contributed by atoms with Gasteiger partial charge in [0.2, 0.25) is 11.8 Å². The normalized spacial score (nSPS) is 17.1.